The summed E-state index contributed by atoms with van der Waals surface area (Å²) in [6.07, 6.45) is 0.509. The van der Waals surface area contributed by atoms with E-state index in [9.17, 15) is 8.42 Å². The van der Waals surface area contributed by atoms with E-state index in [1.165, 1.54) is 0 Å². The molecule has 0 heterocycles. The van der Waals surface area contributed by atoms with Crippen LogP contribution in [-0.4, -0.2) is 14.2 Å². The molecule has 0 aliphatic heterocycles. The Morgan fingerprint density at radius 3 is 2.19 bits per heavy atom. The molecule has 0 amide bonds. The molecule has 21 heavy (non-hydrogen) atoms. The van der Waals surface area contributed by atoms with E-state index in [0.717, 1.165) is 16.7 Å². The molecule has 0 saturated heterocycles. The standard InChI is InChI=1S/C16H20N2O2S/c17-12-15-8-4-5-9-16(15)13-18-21(19,20)11-10-14-6-2-1-3-7-14/h1-9,18H,10-13,17H2. The lowest BCUT2D eigenvalue weighted by molar-refractivity contribution is 0.580. The predicted octanol–water partition coefficient (Wildman–Crippen LogP) is 1.81. The van der Waals surface area contributed by atoms with Crippen molar-refractivity contribution in [2.45, 2.75) is 19.5 Å². The number of aryl methyl sites for hydroxylation is 1. The van der Waals surface area contributed by atoms with E-state index in [0.29, 0.717) is 13.0 Å². The molecule has 0 aliphatic rings. The van der Waals surface area contributed by atoms with Crippen LogP contribution in [0.1, 0.15) is 16.7 Å². The van der Waals surface area contributed by atoms with Gasteiger partial charge in [-0.2, -0.15) is 0 Å². The fraction of sp³-hybridized carbons (Fsp3) is 0.250. The maximum atomic E-state index is 12.0. The smallest absolute Gasteiger partial charge is 0.212 e. The quantitative estimate of drug-likeness (QED) is 0.819. The highest BCUT2D eigenvalue weighted by atomic mass is 32.2. The van der Waals surface area contributed by atoms with Gasteiger partial charge < -0.3 is 5.73 Å². The van der Waals surface area contributed by atoms with E-state index in [4.69, 9.17) is 5.73 Å². The Bertz CT molecular complexity index is 670. The van der Waals surface area contributed by atoms with Crippen LogP contribution < -0.4 is 10.5 Å². The van der Waals surface area contributed by atoms with Gasteiger partial charge in [-0.1, -0.05) is 54.6 Å². The summed E-state index contributed by atoms with van der Waals surface area (Å²) < 4.78 is 26.7. The van der Waals surface area contributed by atoms with Crippen LogP contribution in [0.5, 0.6) is 0 Å². The first kappa shape index (κ1) is 15.7. The molecule has 3 N–H and O–H groups in total. The van der Waals surface area contributed by atoms with Gasteiger partial charge in [-0.15, -0.1) is 0 Å². The number of hydrogen-bond donors (Lipinski definition) is 2. The van der Waals surface area contributed by atoms with Gasteiger partial charge in [0.05, 0.1) is 5.75 Å². The normalized spacial score (nSPS) is 11.5. The maximum absolute atomic E-state index is 12.0. The summed E-state index contributed by atoms with van der Waals surface area (Å²) >= 11 is 0. The molecule has 5 heteroatoms. The third-order valence-electron chi connectivity index (χ3n) is 3.32. The minimum Gasteiger partial charge on any atom is -0.326 e. The van der Waals surface area contributed by atoms with Crippen molar-refractivity contribution in [1.29, 1.82) is 0 Å². The first-order chi connectivity index (χ1) is 10.1. The lowest BCUT2D eigenvalue weighted by atomic mass is 10.1. The summed E-state index contributed by atoms with van der Waals surface area (Å²) in [7, 11) is -3.29. The highest BCUT2D eigenvalue weighted by Gasteiger charge is 2.11. The van der Waals surface area contributed by atoms with Gasteiger partial charge in [0, 0.05) is 13.1 Å². The monoisotopic (exact) mass is 304 g/mol. The third-order valence-corrected chi connectivity index (χ3v) is 4.65. The largest absolute Gasteiger partial charge is 0.326 e. The fourth-order valence-corrected chi connectivity index (χ4v) is 3.11. The summed E-state index contributed by atoms with van der Waals surface area (Å²) in [5.74, 6) is 0.0851. The van der Waals surface area contributed by atoms with Crippen LogP contribution in [0.4, 0.5) is 0 Å². The van der Waals surface area contributed by atoms with Crippen molar-refractivity contribution >= 4 is 10.0 Å². The molecule has 0 unspecified atom stereocenters. The molecule has 0 fully saturated rings. The summed E-state index contributed by atoms with van der Waals surface area (Å²) in [6.45, 7) is 0.687. The van der Waals surface area contributed by atoms with Gasteiger partial charge in [0.2, 0.25) is 10.0 Å². The van der Waals surface area contributed by atoms with Crippen LogP contribution >= 0.6 is 0 Å². The number of benzene rings is 2. The summed E-state index contributed by atoms with van der Waals surface area (Å²) in [5, 5.41) is 0. The van der Waals surface area contributed by atoms with Crippen molar-refractivity contribution < 1.29 is 8.42 Å². The SMILES string of the molecule is NCc1ccccc1CNS(=O)(=O)CCc1ccccc1. The Balaban J connectivity index is 1.92. The maximum Gasteiger partial charge on any atom is 0.212 e. The van der Waals surface area contributed by atoms with E-state index in [-0.39, 0.29) is 12.3 Å². The Hall–Kier alpha value is -1.69. The topological polar surface area (TPSA) is 72.2 Å². The van der Waals surface area contributed by atoms with Crippen LogP contribution in [0, 0.1) is 0 Å². The second-order valence-corrected chi connectivity index (χ2v) is 6.77. The first-order valence-corrected chi connectivity index (χ1v) is 8.54. The van der Waals surface area contributed by atoms with Crippen LogP contribution in [0.15, 0.2) is 54.6 Å². The zero-order valence-electron chi connectivity index (χ0n) is 11.8. The number of rotatable bonds is 7. The van der Waals surface area contributed by atoms with Crippen LogP contribution in [0.3, 0.4) is 0 Å². The minimum absolute atomic E-state index is 0.0851. The van der Waals surface area contributed by atoms with Crippen LogP contribution in [0.2, 0.25) is 0 Å². The number of hydrogen-bond acceptors (Lipinski definition) is 3. The fourth-order valence-electron chi connectivity index (χ4n) is 2.09. The summed E-state index contributed by atoms with van der Waals surface area (Å²) in [6, 6.07) is 17.2. The average molecular weight is 304 g/mol. The zero-order chi connectivity index (χ0) is 15.1. The highest BCUT2D eigenvalue weighted by Crippen LogP contribution is 2.08. The molecule has 0 atom stereocenters. The molecular formula is C16H20N2O2S. The molecule has 0 aliphatic carbocycles. The van der Waals surface area contributed by atoms with Crippen LogP contribution in [-0.2, 0) is 29.5 Å². The lowest BCUT2D eigenvalue weighted by Gasteiger charge is -2.10. The van der Waals surface area contributed by atoms with Gasteiger partial charge >= 0.3 is 0 Å². The molecular weight excluding hydrogens is 284 g/mol. The summed E-state index contributed by atoms with van der Waals surface area (Å²) in [4.78, 5) is 0. The Morgan fingerprint density at radius 1 is 0.905 bits per heavy atom. The van der Waals surface area contributed by atoms with E-state index in [1.54, 1.807) is 0 Å². The van der Waals surface area contributed by atoms with Crippen molar-refractivity contribution in [2.75, 3.05) is 5.75 Å². The van der Waals surface area contributed by atoms with E-state index in [2.05, 4.69) is 4.72 Å². The van der Waals surface area contributed by atoms with Crippen LogP contribution in [0.25, 0.3) is 0 Å². The first-order valence-electron chi connectivity index (χ1n) is 6.89. The predicted molar refractivity (Wildman–Crippen MR) is 85.1 cm³/mol. The number of nitrogens with two attached hydrogens (primary N) is 1. The molecule has 0 radical (unpaired) electrons. The van der Waals surface area contributed by atoms with Crippen molar-refractivity contribution in [3.8, 4) is 0 Å². The van der Waals surface area contributed by atoms with Crippen molar-refractivity contribution in [1.82, 2.24) is 4.72 Å². The van der Waals surface area contributed by atoms with Gasteiger partial charge in [-0.3, -0.25) is 0 Å². The molecule has 2 aromatic rings. The third kappa shape index (κ3) is 4.97. The molecule has 0 spiro atoms. The summed E-state index contributed by atoms with van der Waals surface area (Å²) in [5.41, 5.74) is 8.55. The van der Waals surface area contributed by atoms with Gasteiger partial charge in [0.15, 0.2) is 0 Å². The Labute approximate surface area is 126 Å². The number of sulfonamides is 1. The van der Waals surface area contributed by atoms with E-state index >= 15 is 0 Å². The minimum atomic E-state index is -3.29. The second kappa shape index (κ2) is 7.36. The molecule has 4 nitrogen and oxygen atoms in total. The van der Waals surface area contributed by atoms with Gasteiger partial charge in [-0.25, -0.2) is 13.1 Å². The van der Waals surface area contributed by atoms with Gasteiger partial charge in [0.1, 0.15) is 0 Å². The van der Waals surface area contributed by atoms with Crippen molar-refractivity contribution in [2.24, 2.45) is 5.73 Å². The van der Waals surface area contributed by atoms with Crippen molar-refractivity contribution in [3.05, 3.63) is 71.3 Å². The lowest BCUT2D eigenvalue weighted by Crippen LogP contribution is -2.27. The Kier molecular flexibility index (Phi) is 5.50. The molecule has 112 valence electrons. The highest BCUT2D eigenvalue weighted by molar-refractivity contribution is 7.89. The van der Waals surface area contributed by atoms with E-state index < -0.39 is 10.0 Å². The molecule has 2 aromatic carbocycles. The van der Waals surface area contributed by atoms with Gasteiger partial charge in [0.25, 0.3) is 0 Å². The Morgan fingerprint density at radius 2 is 1.52 bits per heavy atom. The zero-order valence-corrected chi connectivity index (χ0v) is 12.6. The van der Waals surface area contributed by atoms with Crippen molar-refractivity contribution in [3.63, 3.8) is 0 Å². The molecule has 0 bridgehead atoms. The molecule has 2 rings (SSSR count). The van der Waals surface area contributed by atoms with Gasteiger partial charge in [-0.05, 0) is 23.1 Å². The second-order valence-electron chi connectivity index (χ2n) is 4.85. The van der Waals surface area contributed by atoms with E-state index in [1.807, 2.05) is 54.6 Å². The number of nitrogens with one attached hydrogen (secondary N) is 1. The molecule has 0 aromatic heterocycles. The average Bonchev–Trinajstić information content (AvgIpc) is 2.52. The molecule has 0 saturated carbocycles.